The van der Waals surface area contributed by atoms with E-state index < -0.39 is 11.9 Å². The molecule has 0 saturated heterocycles. The first kappa shape index (κ1) is 27.9. The lowest BCUT2D eigenvalue weighted by Gasteiger charge is -2.27. The fraction of sp³-hybridized carbons (Fsp3) is 0.125. The number of nitriles is 1. The molecule has 9 heteroatoms. The van der Waals surface area contributed by atoms with Crippen LogP contribution in [0.25, 0.3) is 0 Å². The van der Waals surface area contributed by atoms with Gasteiger partial charge in [-0.15, -0.1) is 0 Å². The number of nitrogens with zero attached hydrogens (tertiary/aromatic N) is 1. The van der Waals surface area contributed by atoms with Gasteiger partial charge in [0.15, 0.2) is 0 Å². The van der Waals surface area contributed by atoms with Gasteiger partial charge in [-0.25, -0.2) is 4.79 Å². The van der Waals surface area contributed by atoms with Gasteiger partial charge in [-0.2, -0.15) is 5.26 Å². The van der Waals surface area contributed by atoms with Crippen molar-refractivity contribution in [1.82, 2.24) is 0 Å². The molecule has 4 aromatic carbocycles. The number of hydrogen-bond acceptors (Lipinski definition) is 7. The Morgan fingerprint density at radius 1 is 0.951 bits per heavy atom. The first-order valence-corrected chi connectivity index (χ1v) is 13.4. The normalized spacial score (nSPS) is 14.0. The number of ether oxygens (including phenoxy) is 4. The van der Waals surface area contributed by atoms with Crippen molar-refractivity contribution in [3.05, 3.63) is 129 Å². The van der Waals surface area contributed by atoms with E-state index in [9.17, 15) is 10.1 Å². The van der Waals surface area contributed by atoms with Gasteiger partial charge in [0.25, 0.3) is 0 Å². The van der Waals surface area contributed by atoms with Gasteiger partial charge >= 0.3 is 5.97 Å². The Morgan fingerprint density at radius 2 is 1.73 bits per heavy atom. The number of allylic oxidation sites excluding steroid dienone is 1. The predicted octanol–water partition coefficient (Wildman–Crippen LogP) is 7.41. The molecule has 0 saturated carbocycles. The smallest absolute Gasteiger partial charge is 0.343 e. The zero-order chi connectivity index (χ0) is 28.9. The van der Waals surface area contributed by atoms with E-state index in [4.69, 9.17) is 47.9 Å². The lowest BCUT2D eigenvalue weighted by molar-refractivity contribution is 0.0734. The molecule has 0 bridgehead atoms. The second kappa shape index (κ2) is 12.3. The van der Waals surface area contributed by atoms with Crippen molar-refractivity contribution < 1.29 is 23.7 Å². The maximum absolute atomic E-state index is 12.8. The van der Waals surface area contributed by atoms with Gasteiger partial charge in [0.1, 0.15) is 41.2 Å². The number of esters is 1. The van der Waals surface area contributed by atoms with Crippen LogP contribution in [-0.2, 0) is 6.61 Å². The third kappa shape index (κ3) is 6.25. The van der Waals surface area contributed by atoms with Crippen molar-refractivity contribution in [3.63, 3.8) is 0 Å². The van der Waals surface area contributed by atoms with E-state index in [1.807, 2.05) is 31.2 Å². The minimum atomic E-state index is -0.550. The van der Waals surface area contributed by atoms with Gasteiger partial charge in [-0.3, -0.25) is 0 Å². The van der Waals surface area contributed by atoms with Crippen molar-refractivity contribution in [2.45, 2.75) is 19.4 Å². The maximum atomic E-state index is 12.8. The van der Waals surface area contributed by atoms with Crippen molar-refractivity contribution in [3.8, 4) is 29.1 Å². The molecule has 4 aromatic rings. The second-order valence-corrected chi connectivity index (χ2v) is 9.92. The Morgan fingerprint density at radius 3 is 2.49 bits per heavy atom. The quantitative estimate of drug-likeness (QED) is 0.169. The van der Waals surface area contributed by atoms with Crippen LogP contribution in [0, 0.1) is 11.3 Å². The van der Waals surface area contributed by atoms with Gasteiger partial charge in [0.2, 0.25) is 5.88 Å². The predicted molar refractivity (Wildman–Crippen MR) is 156 cm³/mol. The highest BCUT2D eigenvalue weighted by Gasteiger charge is 2.31. The zero-order valence-electron chi connectivity index (χ0n) is 21.9. The molecule has 0 aliphatic carbocycles. The molecule has 1 aliphatic heterocycles. The van der Waals surface area contributed by atoms with Crippen LogP contribution < -0.4 is 24.7 Å². The SMILES string of the molecule is CCOc1cccc(C(=O)Oc2ccc3c(c2)OC(N)=C(C#N)C3c2cccc(OCc3ccc(Cl)cc3Cl)c2)c1. The van der Waals surface area contributed by atoms with Crippen LogP contribution in [0.5, 0.6) is 23.0 Å². The van der Waals surface area contributed by atoms with Gasteiger partial charge in [0, 0.05) is 27.2 Å². The highest BCUT2D eigenvalue weighted by molar-refractivity contribution is 6.35. The monoisotopic (exact) mass is 586 g/mol. The topological polar surface area (TPSA) is 104 Å². The van der Waals surface area contributed by atoms with Gasteiger partial charge < -0.3 is 24.7 Å². The molecule has 5 rings (SSSR count). The molecule has 206 valence electrons. The second-order valence-electron chi connectivity index (χ2n) is 9.07. The lowest BCUT2D eigenvalue weighted by Crippen LogP contribution is -2.21. The number of halogens is 2. The number of rotatable bonds is 8. The molecule has 0 amide bonds. The molecule has 7 nitrogen and oxygen atoms in total. The lowest BCUT2D eigenvalue weighted by atomic mass is 9.83. The molecule has 1 heterocycles. The summed E-state index contributed by atoms with van der Waals surface area (Å²) < 4.78 is 22.9. The fourth-order valence-corrected chi connectivity index (χ4v) is 4.93. The summed E-state index contributed by atoms with van der Waals surface area (Å²) in [5, 5.41) is 11.0. The van der Waals surface area contributed by atoms with Crippen LogP contribution in [0.4, 0.5) is 0 Å². The number of fused-ring (bicyclic) bond motifs is 1. The Kier molecular flexibility index (Phi) is 8.34. The van der Waals surface area contributed by atoms with E-state index in [0.29, 0.717) is 45.0 Å². The number of nitrogens with two attached hydrogens (primary N) is 1. The van der Waals surface area contributed by atoms with Gasteiger partial charge in [-0.1, -0.05) is 53.5 Å². The van der Waals surface area contributed by atoms with Gasteiger partial charge in [0.05, 0.1) is 18.1 Å². The number of benzene rings is 4. The molecule has 1 unspecified atom stereocenters. The highest BCUT2D eigenvalue weighted by atomic mass is 35.5. The van der Waals surface area contributed by atoms with Crippen molar-refractivity contribution >= 4 is 29.2 Å². The molecular formula is C32H24Cl2N2O5. The summed E-state index contributed by atoms with van der Waals surface area (Å²) in [7, 11) is 0. The van der Waals surface area contributed by atoms with Crippen molar-refractivity contribution in [1.29, 1.82) is 5.26 Å². The van der Waals surface area contributed by atoms with E-state index in [1.165, 1.54) is 0 Å². The largest absolute Gasteiger partial charge is 0.494 e. The Balaban J connectivity index is 1.40. The zero-order valence-corrected chi connectivity index (χ0v) is 23.4. The van der Waals surface area contributed by atoms with Crippen LogP contribution in [0.3, 0.4) is 0 Å². The molecule has 1 atom stereocenters. The van der Waals surface area contributed by atoms with Crippen LogP contribution in [-0.4, -0.2) is 12.6 Å². The Labute approximate surface area is 247 Å². The molecular weight excluding hydrogens is 563 g/mol. The number of carbonyl (C=O) groups is 1. The van der Waals surface area contributed by atoms with E-state index in [0.717, 1.165) is 11.1 Å². The summed E-state index contributed by atoms with van der Waals surface area (Å²) in [6.07, 6.45) is 0. The number of carbonyl (C=O) groups excluding carboxylic acids is 1. The minimum absolute atomic E-state index is 0.0304. The van der Waals surface area contributed by atoms with Crippen molar-refractivity contribution in [2.75, 3.05) is 6.61 Å². The van der Waals surface area contributed by atoms with E-state index in [1.54, 1.807) is 60.7 Å². The summed E-state index contributed by atoms with van der Waals surface area (Å²) in [5.41, 5.74) is 9.02. The summed E-state index contributed by atoms with van der Waals surface area (Å²) in [6, 6.07) is 26.5. The average molecular weight is 587 g/mol. The van der Waals surface area contributed by atoms with Crippen molar-refractivity contribution in [2.24, 2.45) is 5.73 Å². The third-order valence-electron chi connectivity index (χ3n) is 6.38. The summed E-state index contributed by atoms with van der Waals surface area (Å²) >= 11 is 12.3. The minimum Gasteiger partial charge on any atom is -0.494 e. The molecule has 0 aromatic heterocycles. The first-order valence-electron chi connectivity index (χ1n) is 12.7. The highest BCUT2D eigenvalue weighted by Crippen LogP contribution is 2.44. The van der Waals surface area contributed by atoms with E-state index in [2.05, 4.69) is 6.07 Å². The van der Waals surface area contributed by atoms with Crippen LogP contribution in [0.2, 0.25) is 10.0 Å². The summed E-state index contributed by atoms with van der Waals surface area (Å²) in [4.78, 5) is 12.8. The van der Waals surface area contributed by atoms with E-state index >= 15 is 0 Å². The fourth-order valence-electron chi connectivity index (χ4n) is 4.47. The van der Waals surface area contributed by atoms with E-state index in [-0.39, 0.29) is 23.8 Å². The van der Waals surface area contributed by atoms with Crippen LogP contribution in [0.1, 0.15) is 39.9 Å². The first-order chi connectivity index (χ1) is 19.9. The summed E-state index contributed by atoms with van der Waals surface area (Å²) in [6.45, 7) is 2.58. The van der Waals surface area contributed by atoms with Crippen LogP contribution in [0.15, 0.2) is 96.4 Å². The third-order valence-corrected chi connectivity index (χ3v) is 6.97. The number of hydrogen-bond donors (Lipinski definition) is 1. The standard InChI is InChI=1S/C32H24Cl2N2O5/c1-2-38-23-7-4-6-20(14-23)32(37)40-25-11-12-26-29(16-25)41-31(36)27(17-35)30(26)19-5-3-8-24(13-19)39-18-21-9-10-22(33)15-28(21)34/h3-16,30H,2,18,36H2,1H3. The maximum Gasteiger partial charge on any atom is 0.343 e. The molecule has 1 aliphatic rings. The Bertz CT molecular complexity index is 1700. The van der Waals surface area contributed by atoms with Crippen LogP contribution >= 0.6 is 23.2 Å². The molecule has 0 fully saturated rings. The molecule has 2 N–H and O–H groups in total. The molecule has 0 radical (unpaired) electrons. The molecule has 0 spiro atoms. The van der Waals surface area contributed by atoms with Gasteiger partial charge in [-0.05, 0) is 61.0 Å². The average Bonchev–Trinajstić information content (AvgIpc) is 2.96. The molecule has 41 heavy (non-hydrogen) atoms. The Hall–Kier alpha value is -4.64. The summed E-state index contributed by atoms with van der Waals surface area (Å²) in [5.74, 6) is 0.681.